The molecule has 1 saturated carbocycles. The second-order valence-corrected chi connectivity index (χ2v) is 5.61. The molecule has 3 unspecified atom stereocenters. The number of nitrogens with one attached hydrogen (secondary N) is 1. The highest BCUT2D eigenvalue weighted by molar-refractivity contribution is 5.83. The lowest BCUT2D eigenvalue weighted by atomic mass is 10.0. The van der Waals surface area contributed by atoms with E-state index in [1.54, 1.807) is 18.2 Å². The molecule has 0 aliphatic heterocycles. The molecule has 2 rings (SSSR count). The lowest BCUT2D eigenvalue weighted by Crippen LogP contribution is -2.32. The lowest BCUT2D eigenvalue weighted by molar-refractivity contribution is -0.137. The molecule has 1 aromatic rings. The number of hydrogen-bond acceptors (Lipinski definition) is 5. The fraction of sp³-hybridized carbons (Fsp3) is 0.529. The van der Waals surface area contributed by atoms with Crippen LogP contribution in [0.3, 0.4) is 0 Å². The Morgan fingerprint density at radius 1 is 1.29 bits per heavy atom. The fourth-order valence-corrected chi connectivity index (χ4v) is 2.62. The van der Waals surface area contributed by atoms with Crippen LogP contribution in [0.2, 0.25) is 0 Å². The van der Waals surface area contributed by atoms with Gasteiger partial charge >= 0.3 is 5.97 Å². The Hall–Kier alpha value is -2.28. The highest BCUT2D eigenvalue weighted by atomic mass is 16.5. The third kappa shape index (κ3) is 4.38. The van der Waals surface area contributed by atoms with Crippen LogP contribution in [-0.4, -0.2) is 43.9 Å². The standard InChI is InChI=1S/C17H23NO6/c1-4-24-14-8-11(14)17(21)18-12(9-16(19)20)10-5-6-13(22-2)15(7-10)23-3/h5-7,11-12,14H,4,8-9H2,1-3H3,(H,18,21)(H,19,20). The number of carbonyl (C=O) groups excluding carboxylic acids is 1. The molecule has 0 spiro atoms. The van der Waals surface area contributed by atoms with E-state index in [-0.39, 0.29) is 24.3 Å². The molecule has 3 atom stereocenters. The predicted octanol–water partition coefficient (Wildman–Crippen LogP) is 1.76. The van der Waals surface area contributed by atoms with E-state index in [0.717, 1.165) is 0 Å². The van der Waals surface area contributed by atoms with Crippen LogP contribution in [0.15, 0.2) is 18.2 Å². The van der Waals surface area contributed by atoms with Crippen molar-refractivity contribution in [3.05, 3.63) is 23.8 Å². The lowest BCUT2D eigenvalue weighted by Gasteiger charge is -2.19. The summed E-state index contributed by atoms with van der Waals surface area (Å²) in [4.78, 5) is 23.5. The average Bonchev–Trinajstić information content (AvgIpc) is 3.33. The van der Waals surface area contributed by atoms with Crippen molar-refractivity contribution in [2.45, 2.75) is 31.9 Å². The minimum Gasteiger partial charge on any atom is -0.493 e. The van der Waals surface area contributed by atoms with E-state index in [1.165, 1.54) is 14.2 Å². The van der Waals surface area contributed by atoms with Crippen molar-refractivity contribution in [2.75, 3.05) is 20.8 Å². The maximum Gasteiger partial charge on any atom is 0.305 e. The maximum absolute atomic E-state index is 12.3. The summed E-state index contributed by atoms with van der Waals surface area (Å²) < 4.78 is 15.8. The van der Waals surface area contributed by atoms with Gasteiger partial charge in [-0.3, -0.25) is 9.59 Å². The second-order valence-electron chi connectivity index (χ2n) is 5.61. The number of benzene rings is 1. The summed E-state index contributed by atoms with van der Waals surface area (Å²) in [5.41, 5.74) is 0.650. The van der Waals surface area contributed by atoms with E-state index in [4.69, 9.17) is 19.3 Å². The molecule has 1 fully saturated rings. The molecular weight excluding hydrogens is 314 g/mol. The Morgan fingerprint density at radius 3 is 2.58 bits per heavy atom. The van der Waals surface area contributed by atoms with Crippen LogP contribution in [-0.2, 0) is 14.3 Å². The van der Waals surface area contributed by atoms with Crippen LogP contribution in [0.5, 0.6) is 11.5 Å². The maximum atomic E-state index is 12.3. The Bertz CT molecular complexity index is 603. The molecule has 0 aromatic heterocycles. The molecule has 132 valence electrons. The number of amides is 1. The molecule has 7 heteroatoms. The Morgan fingerprint density at radius 2 is 2.00 bits per heavy atom. The van der Waals surface area contributed by atoms with Crippen LogP contribution >= 0.6 is 0 Å². The monoisotopic (exact) mass is 337 g/mol. The molecule has 2 N–H and O–H groups in total. The summed E-state index contributed by atoms with van der Waals surface area (Å²) in [6, 6.07) is 4.45. The zero-order chi connectivity index (χ0) is 17.7. The van der Waals surface area contributed by atoms with Crippen LogP contribution in [0.4, 0.5) is 0 Å². The predicted molar refractivity (Wildman–Crippen MR) is 86.2 cm³/mol. The number of carboxylic acids is 1. The number of methoxy groups -OCH3 is 2. The summed E-state index contributed by atoms with van der Waals surface area (Å²) in [5, 5.41) is 12.0. The minimum absolute atomic E-state index is 0.0640. The first-order valence-corrected chi connectivity index (χ1v) is 7.85. The van der Waals surface area contributed by atoms with E-state index in [0.29, 0.717) is 30.1 Å². The number of ether oxygens (including phenoxy) is 3. The highest BCUT2D eigenvalue weighted by Crippen LogP contribution is 2.35. The quantitative estimate of drug-likeness (QED) is 0.713. The van der Waals surface area contributed by atoms with Gasteiger partial charge < -0.3 is 24.6 Å². The van der Waals surface area contributed by atoms with E-state index >= 15 is 0 Å². The summed E-state index contributed by atoms with van der Waals surface area (Å²) in [7, 11) is 3.03. The molecule has 0 bridgehead atoms. The largest absolute Gasteiger partial charge is 0.493 e. The number of rotatable bonds is 9. The van der Waals surface area contributed by atoms with Gasteiger partial charge in [0.1, 0.15) is 0 Å². The first-order chi connectivity index (χ1) is 11.5. The Kier molecular flexibility index (Phi) is 6.03. The molecule has 0 heterocycles. The normalized spacial score (nSPS) is 20.1. The fourth-order valence-electron chi connectivity index (χ4n) is 2.62. The third-order valence-electron chi connectivity index (χ3n) is 3.95. The smallest absolute Gasteiger partial charge is 0.305 e. The van der Waals surface area contributed by atoms with Gasteiger partial charge in [0.2, 0.25) is 5.91 Å². The molecule has 1 aliphatic rings. The van der Waals surface area contributed by atoms with Gasteiger partial charge in [0.15, 0.2) is 11.5 Å². The summed E-state index contributed by atoms with van der Waals surface area (Å²) >= 11 is 0. The van der Waals surface area contributed by atoms with Crippen LogP contribution in [0, 0.1) is 5.92 Å². The van der Waals surface area contributed by atoms with Gasteiger partial charge in [0, 0.05) is 6.61 Å². The molecular formula is C17H23NO6. The summed E-state index contributed by atoms with van der Waals surface area (Å²) in [6.07, 6.45) is 0.393. The number of carbonyl (C=O) groups is 2. The molecule has 1 aliphatic carbocycles. The number of aliphatic carboxylic acids is 1. The van der Waals surface area contributed by atoms with Crippen molar-refractivity contribution in [1.82, 2.24) is 5.32 Å². The average molecular weight is 337 g/mol. The first-order valence-electron chi connectivity index (χ1n) is 7.85. The number of hydrogen-bond donors (Lipinski definition) is 2. The van der Waals surface area contributed by atoms with Crippen molar-refractivity contribution in [3.8, 4) is 11.5 Å². The van der Waals surface area contributed by atoms with E-state index < -0.39 is 12.0 Å². The van der Waals surface area contributed by atoms with Gasteiger partial charge in [-0.15, -0.1) is 0 Å². The molecule has 0 saturated heterocycles. The topological polar surface area (TPSA) is 94.1 Å². The van der Waals surface area contributed by atoms with Crippen molar-refractivity contribution in [1.29, 1.82) is 0 Å². The molecule has 0 radical (unpaired) electrons. The minimum atomic E-state index is -0.993. The van der Waals surface area contributed by atoms with Crippen LogP contribution in [0.1, 0.15) is 31.4 Å². The van der Waals surface area contributed by atoms with E-state index in [1.807, 2.05) is 6.92 Å². The van der Waals surface area contributed by atoms with Gasteiger partial charge in [-0.25, -0.2) is 0 Å². The zero-order valence-electron chi connectivity index (χ0n) is 14.1. The van der Waals surface area contributed by atoms with Gasteiger partial charge in [0.05, 0.1) is 38.7 Å². The summed E-state index contributed by atoms with van der Waals surface area (Å²) in [6.45, 7) is 2.44. The van der Waals surface area contributed by atoms with Gasteiger partial charge in [0.25, 0.3) is 0 Å². The zero-order valence-corrected chi connectivity index (χ0v) is 14.1. The number of carboxylic acid groups (broad SMARTS) is 1. The van der Waals surface area contributed by atoms with Crippen molar-refractivity contribution < 1.29 is 28.9 Å². The first kappa shape index (κ1) is 18.1. The van der Waals surface area contributed by atoms with Gasteiger partial charge in [-0.05, 0) is 31.0 Å². The molecule has 24 heavy (non-hydrogen) atoms. The van der Waals surface area contributed by atoms with E-state index in [2.05, 4.69) is 5.32 Å². The van der Waals surface area contributed by atoms with Gasteiger partial charge in [-0.2, -0.15) is 0 Å². The molecule has 1 amide bonds. The molecule has 7 nitrogen and oxygen atoms in total. The van der Waals surface area contributed by atoms with Crippen LogP contribution < -0.4 is 14.8 Å². The Labute approximate surface area is 140 Å². The second kappa shape index (κ2) is 8.01. The third-order valence-corrected chi connectivity index (χ3v) is 3.95. The van der Waals surface area contributed by atoms with Crippen LogP contribution in [0.25, 0.3) is 0 Å². The molecule has 1 aromatic carbocycles. The van der Waals surface area contributed by atoms with Crippen molar-refractivity contribution in [2.24, 2.45) is 5.92 Å². The SMILES string of the molecule is CCOC1CC1C(=O)NC(CC(=O)O)c1ccc(OC)c(OC)c1. The summed E-state index contributed by atoms with van der Waals surface area (Å²) in [5.74, 6) is -0.360. The van der Waals surface area contributed by atoms with E-state index in [9.17, 15) is 9.59 Å². The van der Waals surface area contributed by atoms with Crippen molar-refractivity contribution >= 4 is 11.9 Å². The van der Waals surface area contributed by atoms with Crippen molar-refractivity contribution in [3.63, 3.8) is 0 Å². The van der Waals surface area contributed by atoms with Gasteiger partial charge in [-0.1, -0.05) is 6.07 Å². The Balaban J connectivity index is 2.13. The highest BCUT2D eigenvalue weighted by Gasteiger charge is 2.44.